The van der Waals surface area contributed by atoms with Gasteiger partial charge in [0, 0.05) is 0 Å². The van der Waals surface area contributed by atoms with Crippen molar-refractivity contribution in [2.24, 2.45) is 0 Å². The van der Waals surface area contributed by atoms with E-state index in [0.29, 0.717) is 6.42 Å². The minimum absolute atomic E-state index is 0.588. The molecule has 0 bridgehead atoms. The number of aliphatic hydroxyl groups excluding tert-OH is 1. The molecule has 0 spiro atoms. The van der Waals surface area contributed by atoms with E-state index in [1.54, 1.807) is 0 Å². The van der Waals surface area contributed by atoms with Crippen LogP contribution in [-0.2, 0) is 4.74 Å². The summed E-state index contributed by atoms with van der Waals surface area (Å²) in [6.45, 7) is 0.0787. The van der Waals surface area contributed by atoms with E-state index in [4.69, 9.17) is 10.2 Å². The summed E-state index contributed by atoms with van der Waals surface area (Å²) in [5.74, 6) is 0. The highest BCUT2D eigenvalue weighted by Crippen LogP contribution is 2.31. The minimum atomic E-state index is -1.75. The maximum atomic E-state index is 8.29. The van der Waals surface area contributed by atoms with Crippen LogP contribution in [0.2, 0.25) is 0 Å². The Morgan fingerprint density at radius 2 is 2.00 bits per heavy atom. The van der Waals surface area contributed by atoms with E-state index >= 15 is 0 Å². The molecule has 0 rings (SSSR count). The van der Waals surface area contributed by atoms with Gasteiger partial charge in [0.05, 0.1) is 0 Å². The summed E-state index contributed by atoms with van der Waals surface area (Å²) in [6, 6.07) is 0. The zero-order valence-electron chi connectivity index (χ0n) is 4.84. The van der Waals surface area contributed by atoms with Gasteiger partial charge in [0.2, 0.25) is 0 Å². The lowest BCUT2D eigenvalue weighted by Gasteiger charge is -2.19. The smallest absolute Gasteiger partial charge is 0.268 e. The van der Waals surface area contributed by atoms with E-state index in [2.05, 4.69) is 36.6 Å². The summed E-state index contributed by atoms with van der Waals surface area (Å²) >= 11 is 6.11. The first kappa shape index (κ1) is 9.84. The molecule has 0 aliphatic rings. The van der Waals surface area contributed by atoms with Crippen molar-refractivity contribution in [3.63, 3.8) is 0 Å². The summed E-state index contributed by atoms with van der Waals surface area (Å²) in [6.07, 6.45) is 0.588. The molecule has 56 valence electrons. The molecule has 0 saturated carbocycles. The van der Waals surface area contributed by atoms with Gasteiger partial charge in [-0.1, -0.05) is 6.92 Å². The molecule has 0 heterocycles. The summed E-state index contributed by atoms with van der Waals surface area (Å²) in [4.78, 5) is 0. The molecule has 0 saturated heterocycles. The highest BCUT2D eigenvalue weighted by Gasteiger charge is 2.23. The van der Waals surface area contributed by atoms with Crippen LogP contribution in [-0.4, -0.2) is 20.1 Å². The van der Waals surface area contributed by atoms with Crippen molar-refractivity contribution in [1.82, 2.24) is 0 Å². The fourth-order valence-corrected chi connectivity index (χ4v) is 0.572. The molecule has 0 unspecified atom stereocenters. The average Bonchev–Trinajstić information content (AvgIpc) is 1.63. The predicted molar refractivity (Wildman–Crippen MR) is 40.2 cm³/mol. The molecule has 0 aliphatic carbocycles. The average molecular weight is 264 g/mol. The number of hydrogen-bond donors (Lipinski definition) is 2. The van der Waals surface area contributed by atoms with E-state index in [-0.39, 0.29) is 0 Å². The predicted octanol–water partition coefficient (Wildman–Crippen LogP) is 1.12. The lowest BCUT2D eigenvalue weighted by Crippen LogP contribution is -2.23. The van der Waals surface area contributed by atoms with Crippen molar-refractivity contribution >= 4 is 31.9 Å². The second-order valence-electron chi connectivity index (χ2n) is 1.44. The molecule has 3 nitrogen and oxygen atoms in total. The normalized spacial score (nSPS) is 12.7. The number of alkyl halides is 2. The van der Waals surface area contributed by atoms with Crippen molar-refractivity contribution in [3.05, 3.63) is 0 Å². The number of hydrogen-bond acceptors (Lipinski definition) is 3. The van der Waals surface area contributed by atoms with E-state index in [9.17, 15) is 0 Å². The number of ether oxygens (including phenoxy) is 1. The lowest BCUT2D eigenvalue weighted by atomic mass is 10.5. The van der Waals surface area contributed by atoms with Crippen LogP contribution in [0.25, 0.3) is 0 Å². The Morgan fingerprint density at radius 3 is 2.11 bits per heavy atom. The van der Waals surface area contributed by atoms with Crippen molar-refractivity contribution in [2.75, 3.05) is 0 Å². The Hall–Kier alpha value is 0.840. The maximum Gasteiger partial charge on any atom is 0.268 e. The van der Waals surface area contributed by atoms with Gasteiger partial charge in [-0.2, -0.15) is 0 Å². The van der Waals surface area contributed by atoms with Crippen LogP contribution in [0.1, 0.15) is 13.3 Å². The number of halogens is 2. The molecule has 9 heavy (non-hydrogen) atoms. The van der Waals surface area contributed by atoms with Crippen LogP contribution in [0.5, 0.6) is 0 Å². The highest BCUT2D eigenvalue weighted by atomic mass is 79.9. The second-order valence-corrected chi connectivity index (χ2v) is 5.06. The lowest BCUT2D eigenvalue weighted by molar-refractivity contribution is -0.244. The van der Waals surface area contributed by atoms with Gasteiger partial charge in [0.15, 0.2) is 3.42 Å². The fraction of sp³-hybridized carbons (Fsp3) is 1.00. The first-order valence-electron chi connectivity index (χ1n) is 2.39. The molecule has 0 aromatic rings. The van der Waals surface area contributed by atoms with Crippen LogP contribution < -0.4 is 0 Å². The van der Waals surface area contributed by atoms with Gasteiger partial charge in [-0.3, -0.25) is 0 Å². The van der Waals surface area contributed by atoms with Gasteiger partial charge >= 0.3 is 0 Å². The quantitative estimate of drug-likeness (QED) is 0.593. The highest BCUT2D eigenvalue weighted by molar-refractivity contribution is 9.25. The van der Waals surface area contributed by atoms with E-state index in [1.807, 2.05) is 6.92 Å². The number of aliphatic hydroxyl groups is 2. The van der Waals surface area contributed by atoms with Crippen LogP contribution in [0, 0.1) is 0 Å². The van der Waals surface area contributed by atoms with Gasteiger partial charge < -0.3 is 14.9 Å². The van der Waals surface area contributed by atoms with Crippen LogP contribution in [0.15, 0.2) is 0 Å². The Kier molecular flexibility index (Phi) is 4.24. The zero-order chi connectivity index (χ0) is 7.49. The molecular weight excluding hydrogens is 256 g/mol. The van der Waals surface area contributed by atoms with Crippen molar-refractivity contribution in [3.8, 4) is 0 Å². The fourth-order valence-electron chi connectivity index (χ4n) is 0.238. The molecule has 0 radical (unpaired) electrons. The van der Waals surface area contributed by atoms with Gasteiger partial charge in [0.25, 0.3) is 6.48 Å². The molecule has 2 N–H and O–H groups in total. The standard InChI is InChI=1S/C4H8Br2O3/c1-2-4(5,6)9-3(7)8/h3,7-8H,2H2,1H3. The Balaban J connectivity index is 3.58. The second kappa shape index (κ2) is 3.88. The first-order chi connectivity index (χ1) is 3.98. The van der Waals surface area contributed by atoms with E-state index in [0.717, 1.165) is 0 Å². The van der Waals surface area contributed by atoms with Gasteiger partial charge in [-0.25, -0.2) is 0 Å². The first-order valence-corrected chi connectivity index (χ1v) is 3.98. The van der Waals surface area contributed by atoms with Crippen LogP contribution in [0.3, 0.4) is 0 Å². The Morgan fingerprint density at radius 1 is 1.56 bits per heavy atom. The van der Waals surface area contributed by atoms with Gasteiger partial charge in [-0.05, 0) is 38.3 Å². The summed E-state index contributed by atoms with van der Waals surface area (Å²) in [5.41, 5.74) is 0. The van der Waals surface area contributed by atoms with E-state index in [1.165, 1.54) is 0 Å². The maximum absolute atomic E-state index is 8.29. The molecule has 5 heteroatoms. The largest absolute Gasteiger partial charge is 0.346 e. The van der Waals surface area contributed by atoms with Gasteiger partial charge in [0.1, 0.15) is 0 Å². The Bertz CT molecular complexity index is 83.9. The van der Waals surface area contributed by atoms with Crippen LogP contribution in [0.4, 0.5) is 0 Å². The topological polar surface area (TPSA) is 49.7 Å². The monoisotopic (exact) mass is 262 g/mol. The number of rotatable bonds is 3. The van der Waals surface area contributed by atoms with Crippen molar-refractivity contribution in [1.29, 1.82) is 0 Å². The molecule has 0 aromatic heterocycles. The van der Waals surface area contributed by atoms with Crippen LogP contribution >= 0.6 is 31.9 Å². The van der Waals surface area contributed by atoms with Crippen molar-refractivity contribution < 1.29 is 14.9 Å². The van der Waals surface area contributed by atoms with Gasteiger partial charge in [-0.15, -0.1) is 0 Å². The third-order valence-electron chi connectivity index (χ3n) is 0.689. The summed E-state index contributed by atoms with van der Waals surface area (Å²) in [5, 5.41) is 16.6. The molecular formula is C4H8Br2O3. The summed E-state index contributed by atoms with van der Waals surface area (Å²) < 4.78 is 3.72. The summed E-state index contributed by atoms with van der Waals surface area (Å²) in [7, 11) is 0. The molecule has 0 fully saturated rings. The van der Waals surface area contributed by atoms with E-state index < -0.39 is 9.90 Å². The molecule has 0 atom stereocenters. The molecule has 0 aromatic carbocycles. The third kappa shape index (κ3) is 5.29. The SMILES string of the molecule is CCC(Br)(Br)OC(O)O. The molecule has 0 aliphatic heterocycles. The molecule has 0 amide bonds. The zero-order valence-corrected chi connectivity index (χ0v) is 8.02. The third-order valence-corrected chi connectivity index (χ3v) is 2.18. The minimum Gasteiger partial charge on any atom is -0.346 e. The Labute approximate surface area is 70.3 Å². The van der Waals surface area contributed by atoms with Crippen molar-refractivity contribution in [2.45, 2.75) is 23.2 Å².